The average molecular weight is 345 g/mol. The van der Waals surface area contributed by atoms with Gasteiger partial charge in [0, 0.05) is 19.5 Å². The van der Waals surface area contributed by atoms with Crippen LogP contribution in [0.5, 0.6) is 6.01 Å². The minimum atomic E-state index is -1.11. The molecule has 3 rings (SSSR count). The smallest absolute Gasteiger partial charge is 0.318 e. The highest BCUT2D eigenvalue weighted by molar-refractivity contribution is 6.32. The van der Waals surface area contributed by atoms with Gasteiger partial charge in [-0.05, 0) is 0 Å². The standard InChI is InChI=1S/C14H18ClFN4O3/c1-22-14-17-7-10(15)12(18-14)20-8-9(16)6-11(20)13(21)19-2-4-23-5-3-19/h7,9,11H,2-6,8H2,1H3/t9-,11+/m1/s1. The fourth-order valence-corrected chi connectivity index (χ4v) is 3.09. The molecule has 2 aliphatic heterocycles. The van der Waals surface area contributed by atoms with E-state index in [0.29, 0.717) is 32.1 Å². The molecular weight excluding hydrogens is 327 g/mol. The summed E-state index contributed by atoms with van der Waals surface area (Å²) in [5.41, 5.74) is 0. The van der Waals surface area contributed by atoms with Crippen LogP contribution in [0.15, 0.2) is 6.20 Å². The summed E-state index contributed by atoms with van der Waals surface area (Å²) in [5, 5.41) is 0.264. The zero-order chi connectivity index (χ0) is 16.4. The van der Waals surface area contributed by atoms with E-state index in [1.807, 2.05) is 0 Å². The first-order valence-corrected chi connectivity index (χ1v) is 7.81. The van der Waals surface area contributed by atoms with Gasteiger partial charge in [-0.1, -0.05) is 11.6 Å². The lowest BCUT2D eigenvalue weighted by Crippen LogP contribution is -2.50. The second-order valence-corrected chi connectivity index (χ2v) is 5.87. The van der Waals surface area contributed by atoms with Crippen LogP contribution in [0, 0.1) is 0 Å². The number of rotatable bonds is 3. The van der Waals surface area contributed by atoms with Gasteiger partial charge in [-0.3, -0.25) is 4.79 Å². The third-order valence-electron chi connectivity index (χ3n) is 4.02. The van der Waals surface area contributed by atoms with Gasteiger partial charge in [-0.2, -0.15) is 4.98 Å². The van der Waals surface area contributed by atoms with E-state index >= 15 is 0 Å². The first-order chi connectivity index (χ1) is 11.1. The summed E-state index contributed by atoms with van der Waals surface area (Å²) in [5.74, 6) is 0.201. The maximum atomic E-state index is 14.0. The van der Waals surface area contributed by atoms with Crippen molar-refractivity contribution >= 4 is 23.3 Å². The summed E-state index contributed by atoms with van der Waals surface area (Å²) >= 11 is 6.15. The lowest BCUT2D eigenvalue weighted by Gasteiger charge is -2.33. The molecule has 9 heteroatoms. The van der Waals surface area contributed by atoms with Gasteiger partial charge in [-0.15, -0.1) is 0 Å². The number of carbonyl (C=O) groups excluding carboxylic acids is 1. The second kappa shape index (κ2) is 6.84. The number of aromatic nitrogens is 2. The fraction of sp³-hybridized carbons (Fsp3) is 0.643. The largest absolute Gasteiger partial charge is 0.467 e. The highest BCUT2D eigenvalue weighted by Gasteiger charge is 2.41. The normalized spacial score (nSPS) is 24.8. The molecule has 0 aliphatic carbocycles. The minimum Gasteiger partial charge on any atom is -0.467 e. The Morgan fingerprint density at radius 2 is 2.22 bits per heavy atom. The summed E-state index contributed by atoms with van der Waals surface area (Å²) in [6, 6.07) is -0.496. The van der Waals surface area contributed by atoms with Gasteiger partial charge in [0.2, 0.25) is 5.91 Å². The number of carbonyl (C=O) groups is 1. The Kier molecular flexibility index (Phi) is 4.82. The molecule has 2 aliphatic rings. The van der Waals surface area contributed by atoms with Gasteiger partial charge in [0.15, 0.2) is 5.82 Å². The number of methoxy groups -OCH3 is 1. The lowest BCUT2D eigenvalue weighted by molar-refractivity contribution is -0.136. The third-order valence-corrected chi connectivity index (χ3v) is 4.28. The average Bonchev–Trinajstić information content (AvgIpc) is 2.97. The maximum absolute atomic E-state index is 14.0. The van der Waals surface area contributed by atoms with Crippen molar-refractivity contribution < 1.29 is 18.7 Å². The van der Waals surface area contributed by atoms with Gasteiger partial charge in [-0.25, -0.2) is 9.37 Å². The molecule has 0 unspecified atom stereocenters. The molecule has 3 heterocycles. The summed E-state index contributed by atoms with van der Waals surface area (Å²) < 4.78 is 24.2. The molecular formula is C14H18ClFN4O3. The predicted octanol–water partition coefficient (Wildman–Crippen LogP) is 0.914. The number of amides is 1. The summed E-state index contributed by atoms with van der Waals surface area (Å²) in [4.78, 5) is 24.1. The van der Waals surface area contributed by atoms with Crippen LogP contribution >= 0.6 is 11.6 Å². The number of morpholine rings is 1. The van der Waals surface area contributed by atoms with E-state index in [0.717, 1.165) is 0 Å². The van der Waals surface area contributed by atoms with Crippen LogP contribution in [0.3, 0.4) is 0 Å². The van der Waals surface area contributed by atoms with Crippen LogP contribution in [-0.4, -0.2) is 72.9 Å². The molecule has 0 saturated carbocycles. The molecule has 1 aromatic rings. The van der Waals surface area contributed by atoms with Crippen molar-refractivity contribution in [1.29, 1.82) is 0 Å². The number of halogens is 2. The van der Waals surface area contributed by atoms with Crippen LogP contribution in [0.4, 0.5) is 10.2 Å². The molecule has 126 valence electrons. The summed E-state index contributed by atoms with van der Waals surface area (Å²) in [6.07, 6.45) is 0.408. The van der Waals surface area contributed by atoms with Crippen molar-refractivity contribution in [1.82, 2.24) is 14.9 Å². The minimum absolute atomic E-state index is 0.0701. The quantitative estimate of drug-likeness (QED) is 0.812. The van der Waals surface area contributed by atoms with Crippen molar-refractivity contribution in [3.8, 4) is 6.01 Å². The SMILES string of the molecule is COc1ncc(Cl)c(N2C[C@H](F)C[C@H]2C(=O)N2CCOCC2)n1. The summed E-state index contributed by atoms with van der Waals surface area (Å²) in [7, 11) is 1.44. The Morgan fingerprint density at radius 1 is 1.48 bits per heavy atom. The van der Waals surface area contributed by atoms with Gasteiger partial charge < -0.3 is 19.3 Å². The molecule has 1 amide bonds. The van der Waals surface area contributed by atoms with E-state index < -0.39 is 12.2 Å². The molecule has 0 aromatic carbocycles. The zero-order valence-electron chi connectivity index (χ0n) is 12.7. The number of anilines is 1. The van der Waals surface area contributed by atoms with Gasteiger partial charge in [0.25, 0.3) is 0 Å². The Labute approximate surface area is 138 Å². The topological polar surface area (TPSA) is 67.8 Å². The molecule has 23 heavy (non-hydrogen) atoms. The zero-order valence-corrected chi connectivity index (χ0v) is 13.5. The predicted molar refractivity (Wildman–Crippen MR) is 81.6 cm³/mol. The first-order valence-electron chi connectivity index (χ1n) is 7.44. The molecule has 2 fully saturated rings. The van der Waals surface area contributed by atoms with Crippen LogP contribution in [-0.2, 0) is 9.53 Å². The van der Waals surface area contributed by atoms with Crippen molar-refractivity contribution in [3.63, 3.8) is 0 Å². The monoisotopic (exact) mass is 344 g/mol. The number of hydrogen-bond acceptors (Lipinski definition) is 6. The summed E-state index contributed by atoms with van der Waals surface area (Å²) in [6.45, 7) is 2.10. The molecule has 0 N–H and O–H groups in total. The number of ether oxygens (including phenoxy) is 2. The lowest BCUT2D eigenvalue weighted by atomic mass is 10.1. The van der Waals surface area contributed by atoms with E-state index in [9.17, 15) is 9.18 Å². The van der Waals surface area contributed by atoms with E-state index in [1.165, 1.54) is 13.3 Å². The highest BCUT2D eigenvalue weighted by atomic mass is 35.5. The van der Waals surface area contributed by atoms with Gasteiger partial charge >= 0.3 is 6.01 Å². The van der Waals surface area contributed by atoms with E-state index in [4.69, 9.17) is 21.1 Å². The highest BCUT2D eigenvalue weighted by Crippen LogP contribution is 2.32. The van der Waals surface area contributed by atoms with Crippen LogP contribution in [0.1, 0.15) is 6.42 Å². The Bertz CT molecular complexity index is 585. The van der Waals surface area contributed by atoms with Crippen LogP contribution in [0.25, 0.3) is 0 Å². The van der Waals surface area contributed by atoms with Crippen LogP contribution in [0.2, 0.25) is 5.02 Å². The number of hydrogen-bond donors (Lipinski definition) is 0. The fourth-order valence-electron chi connectivity index (χ4n) is 2.89. The van der Waals surface area contributed by atoms with Crippen molar-refractivity contribution in [2.75, 3.05) is 44.9 Å². The molecule has 1 aromatic heterocycles. The molecule has 7 nitrogen and oxygen atoms in total. The van der Waals surface area contributed by atoms with Gasteiger partial charge in [0.1, 0.15) is 17.2 Å². The Hall–Kier alpha value is -1.67. The number of nitrogens with zero attached hydrogens (tertiary/aromatic N) is 4. The molecule has 0 spiro atoms. The molecule has 0 bridgehead atoms. The van der Waals surface area contributed by atoms with E-state index in [2.05, 4.69) is 9.97 Å². The van der Waals surface area contributed by atoms with Crippen molar-refractivity contribution in [3.05, 3.63) is 11.2 Å². The van der Waals surface area contributed by atoms with E-state index in [-0.39, 0.29) is 29.9 Å². The Morgan fingerprint density at radius 3 is 2.91 bits per heavy atom. The second-order valence-electron chi connectivity index (χ2n) is 5.47. The van der Waals surface area contributed by atoms with E-state index in [1.54, 1.807) is 9.80 Å². The maximum Gasteiger partial charge on any atom is 0.318 e. The van der Waals surface area contributed by atoms with Crippen LogP contribution < -0.4 is 9.64 Å². The van der Waals surface area contributed by atoms with Crippen molar-refractivity contribution in [2.45, 2.75) is 18.6 Å². The molecule has 2 saturated heterocycles. The Balaban J connectivity index is 1.86. The molecule has 0 radical (unpaired) electrons. The van der Waals surface area contributed by atoms with Crippen molar-refractivity contribution in [2.24, 2.45) is 0 Å². The molecule has 2 atom stereocenters. The third kappa shape index (κ3) is 3.32. The first kappa shape index (κ1) is 16.2. The van der Waals surface area contributed by atoms with Gasteiger partial charge in [0.05, 0.1) is 33.1 Å². The number of alkyl halides is 1.